The van der Waals surface area contributed by atoms with Crippen LogP contribution in [0.25, 0.3) is 0 Å². The van der Waals surface area contributed by atoms with Gasteiger partial charge < -0.3 is 0 Å². The second-order valence-electron chi connectivity index (χ2n) is 6.97. The molecule has 25 heavy (non-hydrogen) atoms. The van der Waals surface area contributed by atoms with Crippen LogP contribution in [0.15, 0.2) is 53.4 Å². The molecule has 0 radical (unpaired) electrons. The van der Waals surface area contributed by atoms with Crippen molar-refractivity contribution in [2.75, 3.05) is 0 Å². The minimum Gasteiger partial charge on any atom is -0.258 e. The van der Waals surface area contributed by atoms with Crippen molar-refractivity contribution in [1.29, 1.82) is 0 Å². The van der Waals surface area contributed by atoms with E-state index in [2.05, 4.69) is 25.5 Å². The number of rotatable bonds is 5. The maximum atomic E-state index is 12.5. The molecule has 6 nitrogen and oxygen atoms in total. The van der Waals surface area contributed by atoms with Gasteiger partial charge in [-0.2, -0.15) is 0 Å². The van der Waals surface area contributed by atoms with Crippen molar-refractivity contribution >= 4 is 15.7 Å². The van der Waals surface area contributed by atoms with Crippen molar-refractivity contribution in [3.8, 4) is 0 Å². The van der Waals surface area contributed by atoms with Gasteiger partial charge in [-0.25, -0.2) is 13.1 Å². The predicted octanol–water partition coefficient (Wildman–Crippen LogP) is 3.93. The number of hydrogen-bond acceptors (Lipinski definition) is 4. The van der Waals surface area contributed by atoms with Crippen LogP contribution in [0.4, 0.5) is 5.69 Å². The smallest absolute Gasteiger partial charge is 0.258 e. The van der Waals surface area contributed by atoms with E-state index in [-0.39, 0.29) is 16.0 Å². The molecule has 0 aliphatic carbocycles. The summed E-state index contributed by atoms with van der Waals surface area (Å²) in [5, 5.41) is 10.8. The Morgan fingerprint density at radius 1 is 1.08 bits per heavy atom. The molecule has 2 aromatic carbocycles. The van der Waals surface area contributed by atoms with Gasteiger partial charge in [0.15, 0.2) is 0 Å². The van der Waals surface area contributed by atoms with Crippen LogP contribution in [0.1, 0.15) is 44.9 Å². The fourth-order valence-corrected chi connectivity index (χ4v) is 3.68. The van der Waals surface area contributed by atoms with E-state index in [1.165, 1.54) is 18.2 Å². The van der Waals surface area contributed by atoms with E-state index in [9.17, 15) is 18.5 Å². The summed E-state index contributed by atoms with van der Waals surface area (Å²) < 4.78 is 27.5. The van der Waals surface area contributed by atoms with Gasteiger partial charge in [0.2, 0.25) is 10.0 Å². The number of non-ortho nitro benzene ring substituents is 1. The summed E-state index contributed by atoms with van der Waals surface area (Å²) in [7, 11) is -3.86. The molecule has 2 aromatic rings. The second-order valence-corrected chi connectivity index (χ2v) is 8.68. The summed E-state index contributed by atoms with van der Waals surface area (Å²) >= 11 is 0. The van der Waals surface area contributed by atoms with Crippen LogP contribution in [0, 0.1) is 10.1 Å². The highest BCUT2D eigenvalue weighted by Gasteiger charge is 2.21. The van der Waals surface area contributed by atoms with E-state index in [1.54, 1.807) is 6.92 Å². The SMILES string of the molecule is C[C@@H](NS(=O)(=O)c1cccc([N+](=O)[O-])c1)c1ccc(C(C)(C)C)cc1. The number of benzene rings is 2. The van der Waals surface area contributed by atoms with Crippen molar-refractivity contribution in [3.05, 3.63) is 69.8 Å². The van der Waals surface area contributed by atoms with Crippen LogP contribution in [0.2, 0.25) is 0 Å². The van der Waals surface area contributed by atoms with E-state index in [4.69, 9.17) is 0 Å². The van der Waals surface area contributed by atoms with E-state index in [0.29, 0.717) is 0 Å². The Hall–Kier alpha value is -2.25. The minimum absolute atomic E-state index is 0.0181. The number of nitrogens with zero attached hydrogens (tertiary/aromatic N) is 1. The molecular formula is C18H22N2O4S. The number of nitro benzene ring substituents is 1. The van der Waals surface area contributed by atoms with E-state index >= 15 is 0 Å². The zero-order valence-electron chi connectivity index (χ0n) is 14.7. The summed E-state index contributed by atoms with van der Waals surface area (Å²) in [4.78, 5) is 10.1. The molecule has 0 bridgehead atoms. The lowest BCUT2D eigenvalue weighted by Crippen LogP contribution is -2.27. The van der Waals surface area contributed by atoms with Gasteiger partial charge in [0, 0.05) is 18.2 Å². The van der Waals surface area contributed by atoms with E-state index in [1.807, 2.05) is 24.3 Å². The third-order valence-electron chi connectivity index (χ3n) is 3.95. The largest absolute Gasteiger partial charge is 0.270 e. The van der Waals surface area contributed by atoms with Gasteiger partial charge in [-0.05, 0) is 29.5 Å². The Balaban J connectivity index is 2.22. The maximum absolute atomic E-state index is 12.5. The molecule has 0 heterocycles. The Morgan fingerprint density at radius 2 is 1.68 bits per heavy atom. The molecule has 0 unspecified atom stereocenters. The molecule has 7 heteroatoms. The molecule has 0 aliphatic rings. The zero-order chi connectivity index (χ0) is 18.8. The second kappa shape index (κ2) is 6.93. The van der Waals surface area contributed by atoms with Gasteiger partial charge >= 0.3 is 0 Å². The van der Waals surface area contributed by atoms with Crippen LogP contribution in [-0.2, 0) is 15.4 Å². The molecular weight excluding hydrogens is 340 g/mol. The molecule has 134 valence electrons. The average molecular weight is 362 g/mol. The highest BCUT2D eigenvalue weighted by atomic mass is 32.2. The highest BCUT2D eigenvalue weighted by molar-refractivity contribution is 7.89. The van der Waals surface area contributed by atoms with Gasteiger partial charge in [-0.1, -0.05) is 51.1 Å². The van der Waals surface area contributed by atoms with Crippen molar-refractivity contribution < 1.29 is 13.3 Å². The van der Waals surface area contributed by atoms with Crippen molar-refractivity contribution in [2.45, 2.75) is 44.0 Å². The minimum atomic E-state index is -3.86. The monoisotopic (exact) mass is 362 g/mol. The summed E-state index contributed by atoms with van der Waals surface area (Å²) in [6, 6.07) is 12.3. The van der Waals surface area contributed by atoms with Crippen LogP contribution >= 0.6 is 0 Å². The van der Waals surface area contributed by atoms with Gasteiger partial charge in [-0.15, -0.1) is 0 Å². The van der Waals surface area contributed by atoms with Gasteiger partial charge in [0.05, 0.1) is 9.82 Å². The first-order chi connectivity index (χ1) is 11.5. The van der Waals surface area contributed by atoms with Gasteiger partial charge in [0.1, 0.15) is 0 Å². The first-order valence-corrected chi connectivity index (χ1v) is 9.36. The topological polar surface area (TPSA) is 89.3 Å². The Bertz CT molecular complexity index is 869. The fourth-order valence-electron chi connectivity index (χ4n) is 2.40. The summed E-state index contributed by atoms with van der Waals surface area (Å²) in [5.74, 6) is 0. The lowest BCUT2D eigenvalue weighted by atomic mass is 9.86. The normalized spacial score (nSPS) is 13.4. The van der Waals surface area contributed by atoms with Gasteiger partial charge in [-0.3, -0.25) is 10.1 Å². The molecule has 0 fully saturated rings. The third kappa shape index (κ3) is 4.64. The van der Waals surface area contributed by atoms with E-state index < -0.39 is 21.0 Å². The summed E-state index contributed by atoms with van der Waals surface area (Å²) in [6.07, 6.45) is 0. The van der Waals surface area contributed by atoms with Crippen LogP contribution in [0.3, 0.4) is 0 Å². The van der Waals surface area contributed by atoms with Crippen LogP contribution in [0.5, 0.6) is 0 Å². The lowest BCUT2D eigenvalue weighted by molar-refractivity contribution is -0.385. The third-order valence-corrected chi connectivity index (χ3v) is 5.49. The molecule has 0 saturated carbocycles. The highest BCUT2D eigenvalue weighted by Crippen LogP contribution is 2.25. The Labute approximate surface area is 148 Å². The summed E-state index contributed by atoms with van der Waals surface area (Å²) in [5.41, 5.74) is 1.74. The molecule has 0 amide bonds. The Kier molecular flexibility index (Phi) is 5.29. The fraction of sp³-hybridized carbons (Fsp3) is 0.333. The molecule has 1 N–H and O–H groups in total. The number of sulfonamides is 1. The lowest BCUT2D eigenvalue weighted by Gasteiger charge is -2.20. The summed E-state index contributed by atoms with van der Waals surface area (Å²) in [6.45, 7) is 8.06. The quantitative estimate of drug-likeness (QED) is 0.644. The van der Waals surface area contributed by atoms with Crippen molar-refractivity contribution in [3.63, 3.8) is 0 Å². The molecule has 0 spiro atoms. The molecule has 2 rings (SSSR count). The number of hydrogen-bond donors (Lipinski definition) is 1. The standard InChI is InChI=1S/C18H22N2O4S/c1-13(14-8-10-15(11-9-14)18(2,3)4)19-25(23,24)17-7-5-6-16(12-17)20(21)22/h5-13,19H,1-4H3/t13-/m1/s1. The van der Waals surface area contributed by atoms with E-state index in [0.717, 1.165) is 17.2 Å². The first kappa shape index (κ1) is 19.1. The number of nitrogens with one attached hydrogen (secondary N) is 1. The average Bonchev–Trinajstić information content (AvgIpc) is 2.54. The van der Waals surface area contributed by atoms with Crippen molar-refractivity contribution in [1.82, 2.24) is 4.72 Å². The molecule has 0 aliphatic heterocycles. The molecule has 0 saturated heterocycles. The van der Waals surface area contributed by atoms with Gasteiger partial charge in [0.25, 0.3) is 5.69 Å². The van der Waals surface area contributed by atoms with Crippen molar-refractivity contribution in [2.24, 2.45) is 0 Å². The number of nitro groups is 1. The van der Waals surface area contributed by atoms with Crippen LogP contribution in [-0.4, -0.2) is 13.3 Å². The Morgan fingerprint density at radius 3 is 2.20 bits per heavy atom. The zero-order valence-corrected chi connectivity index (χ0v) is 15.5. The maximum Gasteiger partial charge on any atom is 0.270 e. The molecule has 1 atom stereocenters. The predicted molar refractivity (Wildman–Crippen MR) is 97.0 cm³/mol. The van der Waals surface area contributed by atoms with Crippen LogP contribution < -0.4 is 4.72 Å². The molecule has 0 aromatic heterocycles. The first-order valence-electron chi connectivity index (χ1n) is 7.88.